The summed E-state index contributed by atoms with van der Waals surface area (Å²) in [6, 6.07) is 0.713. The van der Waals surface area contributed by atoms with E-state index in [1.807, 2.05) is 0 Å². The molecule has 2 nitrogen and oxygen atoms in total. The van der Waals surface area contributed by atoms with Crippen LogP contribution in [0.1, 0.15) is 26.2 Å². The minimum Gasteiger partial charge on any atom is -0.309 e. The van der Waals surface area contributed by atoms with Crippen molar-refractivity contribution < 1.29 is 0 Å². The van der Waals surface area contributed by atoms with Crippen molar-refractivity contribution >= 4 is 0 Å². The molecule has 2 aliphatic rings. The average Bonchev–Trinajstić information content (AvgIpc) is 2.20. The first-order valence-corrected chi connectivity index (χ1v) is 5.24. The van der Waals surface area contributed by atoms with Crippen LogP contribution >= 0.6 is 0 Å². The molecule has 2 heteroatoms. The van der Waals surface area contributed by atoms with Gasteiger partial charge in [0, 0.05) is 18.8 Å². The van der Waals surface area contributed by atoms with Crippen LogP contribution in [0.2, 0.25) is 0 Å². The zero-order valence-corrected chi connectivity index (χ0v) is 8.32. The Kier molecular flexibility index (Phi) is 2.69. The van der Waals surface area contributed by atoms with E-state index in [-0.39, 0.29) is 0 Å². The first-order valence-electron chi connectivity index (χ1n) is 5.24. The monoisotopic (exact) mass is 178 g/mol. The van der Waals surface area contributed by atoms with Gasteiger partial charge in [-0.25, -0.2) is 5.01 Å². The van der Waals surface area contributed by atoms with Crippen LogP contribution < -0.4 is 0 Å². The summed E-state index contributed by atoms with van der Waals surface area (Å²) >= 11 is 0. The van der Waals surface area contributed by atoms with Gasteiger partial charge in [0.05, 0.1) is 6.54 Å². The Balaban J connectivity index is 1.98. The second kappa shape index (κ2) is 3.97. The van der Waals surface area contributed by atoms with Gasteiger partial charge in [0.15, 0.2) is 0 Å². The molecule has 13 heavy (non-hydrogen) atoms. The lowest BCUT2D eigenvalue weighted by Gasteiger charge is -2.41. The number of allylic oxidation sites excluding steroid dienone is 2. The highest BCUT2D eigenvalue weighted by Gasteiger charge is 2.21. The lowest BCUT2D eigenvalue weighted by Crippen LogP contribution is -2.47. The molecule has 72 valence electrons. The number of nitrogens with zero attached hydrogens (tertiary/aromatic N) is 2. The third-order valence-corrected chi connectivity index (χ3v) is 2.90. The summed E-state index contributed by atoms with van der Waals surface area (Å²) in [7, 11) is 0. The minimum atomic E-state index is 0.713. The number of hydrogen-bond donors (Lipinski definition) is 0. The Morgan fingerprint density at radius 2 is 2.15 bits per heavy atom. The van der Waals surface area contributed by atoms with E-state index in [2.05, 4.69) is 41.4 Å². The Bertz CT molecular complexity index is 220. The topological polar surface area (TPSA) is 6.48 Å². The highest BCUT2D eigenvalue weighted by atomic mass is 15.6. The van der Waals surface area contributed by atoms with Gasteiger partial charge in [-0.3, -0.25) is 0 Å². The van der Waals surface area contributed by atoms with Crippen LogP contribution in [0.3, 0.4) is 0 Å². The van der Waals surface area contributed by atoms with Crippen molar-refractivity contribution in [3.8, 4) is 0 Å². The van der Waals surface area contributed by atoms with Crippen LogP contribution in [0.4, 0.5) is 0 Å². The van der Waals surface area contributed by atoms with Crippen molar-refractivity contribution in [2.24, 2.45) is 0 Å². The number of rotatable bonds is 1. The second-order valence-electron chi connectivity index (χ2n) is 3.90. The molecular weight excluding hydrogens is 160 g/mol. The van der Waals surface area contributed by atoms with Crippen molar-refractivity contribution in [2.75, 3.05) is 13.1 Å². The van der Waals surface area contributed by atoms with Gasteiger partial charge in [0.25, 0.3) is 0 Å². The quantitative estimate of drug-likeness (QED) is 0.607. The smallest absolute Gasteiger partial charge is 0.0524 e. The summed E-state index contributed by atoms with van der Waals surface area (Å²) in [5.74, 6) is 0. The Hall–Kier alpha value is -0.760. The molecule has 0 saturated carbocycles. The van der Waals surface area contributed by atoms with Crippen LogP contribution in [0.25, 0.3) is 0 Å². The highest BCUT2D eigenvalue weighted by Crippen LogP contribution is 2.19. The van der Waals surface area contributed by atoms with Crippen LogP contribution in [0.5, 0.6) is 0 Å². The molecule has 2 rings (SSSR count). The minimum absolute atomic E-state index is 0.713. The zero-order chi connectivity index (χ0) is 9.10. The Labute approximate surface area is 80.5 Å². The molecule has 2 aliphatic heterocycles. The average molecular weight is 178 g/mol. The first kappa shape index (κ1) is 8.82. The van der Waals surface area contributed by atoms with E-state index in [1.54, 1.807) is 0 Å². The summed E-state index contributed by atoms with van der Waals surface area (Å²) < 4.78 is 0. The molecule has 2 heterocycles. The van der Waals surface area contributed by atoms with E-state index in [0.717, 1.165) is 6.54 Å². The van der Waals surface area contributed by atoms with Crippen molar-refractivity contribution in [1.82, 2.24) is 10.0 Å². The lowest BCUT2D eigenvalue weighted by atomic mass is 10.1. The fourth-order valence-corrected chi connectivity index (χ4v) is 2.11. The van der Waals surface area contributed by atoms with Gasteiger partial charge in [-0.05, 0) is 25.8 Å². The van der Waals surface area contributed by atoms with Gasteiger partial charge in [-0.2, -0.15) is 0 Å². The summed E-state index contributed by atoms with van der Waals surface area (Å²) in [6.07, 6.45) is 12.7. The van der Waals surface area contributed by atoms with Gasteiger partial charge < -0.3 is 5.01 Å². The lowest BCUT2D eigenvalue weighted by molar-refractivity contribution is -0.0273. The fraction of sp³-hybridized carbons (Fsp3) is 0.636. The summed E-state index contributed by atoms with van der Waals surface area (Å²) in [5, 5.41) is 4.83. The molecule has 1 atom stereocenters. The molecule has 0 aromatic rings. The predicted molar refractivity (Wildman–Crippen MR) is 55.0 cm³/mol. The molecule has 0 N–H and O–H groups in total. The molecule has 0 aliphatic carbocycles. The molecular formula is C11H18N2. The van der Waals surface area contributed by atoms with Crippen LogP contribution in [-0.2, 0) is 0 Å². The molecule has 1 saturated heterocycles. The maximum Gasteiger partial charge on any atom is 0.0524 e. The normalized spacial score (nSPS) is 29.6. The molecule has 1 fully saturated rings. The maximum absolute atomic E-state index is 2.49. The summed E-state index contributed by atoms with van der Waals surface area (Å²) in [4.78, 5) is 0. The summed E-state index contributed by atoms with van der Waals surface area (Å²) in [6.45, 7) is 4.59. The van der Waals surface area contributed by atoms with Crippen molar-refractivity contribution in [2.45, 2.75) is 32.2 Å². The largest absolute Gasteiger partial charge is 0.309 e. The van der Waals surface area contributed by atoms with E-state index < -0.39 is 0 Å². The molecule has 0 aromatic heterocycles. The third kappa shape index (κ3) is 1.94. The van der Waals surface area contributed by atoms with Gasteiger partial charge in [0.1, 0.15) is 0 Å². The number of hydrazine groups is 1. The Morgan fingerprint density at radius 3 is 2.85 bits per heavy atom. The standard InChI is InChI=1S/C11H18N2/c1-11-7-3-6-10-13(11)12-8-4-2-5-9-12/h2,4-5,8,11H,3,6-7,9-10H2,1H3. The van der Waals surface area contributed by atoms with Crippen LogP contribution in [0, 0.1) is 0 Å². The van der Waals surface area contributed by atoms with Crippen LogP contribution in [0.15, 0.2) is 24.4 Å². The van der Waals surface area contributed by atoms with Gasteiger partial charge in [0.2, 0.25) is 0 Å². The van der Waals surface area contributed by atoms with E-state index in [1.165, 1.54) is 25.8 Å². The maximum atomic E-state index is 2.49. The zero-order valence-electron chi connectivity index (χ0n) is 8.32. The van der Waals surface area contributed by atoms with E-state index in [0.29, 0.717) is 6.04 Å². The first-order chi connectivity index (χ1) is 6.38. The fourth-order valence-electron chi connectivity index (χ4n) is 2.11. The van der Waals surface area contributed by atoms with Crippen molar-refractivity contribution in [3.63, 3.8) is 0 Å². The SMILES string of the molecule is CC1CCCCN1N1C=CC=CC1. The number of hydrogen-bond acceptors (Lipinski definition) is 2. The molecule has 0 aromatic carbocycles. The van der Waals surface area contributed by atoms with Crippen LogP contribution in [-0.4, -0.2) is 29.1 Å². The molecule has 0 amide bonds. The Morgan fingerprint density at radius 1 is 1.23 bits per heavy atom. The molecule has 0 radical (unpaired) electrons. The highest BCUT2D eigenvalue weighted by molar-refractivity contribution is 5.08. The summed E-state index contributed by atoms with van der Waals surface area (Å²) in [5.41, 5.74) is 0. The molecule has 0 spiro atoms. The van der Waals surface area contributed by atoms with Gasteiger partial charge in [-0.1, -0.05) is 18.6 Å². The molecule has 1 unspecified atom stereocenters. The van der Waals surface area contributed by atoms with E-state index in [9.17, 15) is 0 Å². The number of piperidine rings is 1. The molecule has 0 bridgehead atoms. The van der Waals surface area contributed by atoms with Crippen molar-refractivity contribution in [1.29, 1.82) is 0 Å². The second-order valence-corrected chi connectivity index (χ2v) is 3.90. The van der Waals surface area contributed by atoms with Crippen molar-refractivity contribution in [3.05, 3.63) is 24.4 Å². The van der Waals surface area contributed by atoms with Gasteiger partial charge >= 0.3 is 0 Å². The predicted octanol–water partition coefficient (Wildman–Crippen LogP) is 2.16. The van der Waals surface area contributed by atoms with E-state index in [4.69, 9.17) is 0 Å². The third-order valence-electron chi connectivity index (χ3n) is 2.90. The van der Waals surface area contributed by atoms with Gasteiger partial charge in [-0.15, -0.1) is 0 Å². The van der Waals surface area contributed by atoms with E-state index >= 15 is 0 Å².